The summed E-state index contributed by atoms with van der Waals surface area (Å²) < 4.78 is 22.7. The summed E-state index contributed by atoms with van der Waals surface area (Å²) in [6.07, 6.45) is 1.56. The largest absolute Gasteiger partial charge is 0.392 e. The summed E-state index contributed by atoms with van der Waals surface area (Å²) in [7, 11) is -3.23. The molecule has 1 N–H and O–H groups in total. The Morgan fingerprint density at radius 2 is 2.08 bits per heavy atom. The molecule has 0 aliphatic carbocycles. The second-order valence-electron chi connectivity index (χ2n) is 2.88. The van der Waals surface area contributed by atoms with Gasteiger partial charge in [-0.3, -0.25) is 0 Å². The van der Waals surface area contributed by atoms with E-state index in [9.17, 15) is 8.42 Å². The molecule has 0 aromatic heterocycles. The van der Waals surface area contributed by atoms with E-state index in [0.29, 0.717) is 16.0 Å². The van der Waals surface area contributed by atoms with E-state index >= 15 is 0 Å². The highest BCUT2D eigenvalue weighted by atomic mass is 32.2. The number of aliphatic hydroxyl groups is 1. The van der Waals surface area contributed by atoms with Crippen LogP contribution < -0.4 is 0 Å². The van der Waals surface area contributed by atoms with E-state index < -0.39 is 9.84 Å². The van der Waals surface area contributed by atoms with Crippen LogP contribution in [0, 0.1) is 0 Å². The molecule has 1 aliphatic heterocycles. The number of rotatable bonds is 1. The Balaban J connectivity index is 2.68. The summed E-state index contributed by atoms with van der Waals surface area (Å²) in [4.78, 5) is 0.291. The standard InChI is InChI=1S/C9H8O3S/c10-6-7-1-2-8-3-4-13(11,12)9(8)5-7/h1-5,10H,6H2. The van der Waals surface area contributed by atoms with Gasteiger partial charge in [-0.15, -0.1) is 0 Å². The lowest BCUT2D eigenvalue weighted by Gasteiger charge is -2.00. The number of aliphatic hydroxyl groups excluding tert-OH is 1. The molecule has 0 saturated carbocycles. The Bertz CT molecular complexity index is 472. The van der Waals surface area contributed by atoms with Crippen molar-refractivity contribution < 1.29 is 13.5 Å². The summed E-state index contributed by atoms with van der Waals surface area (Å²) in [5.41, 5.74) is 1.31. The first-order valence-corrected chi connectivity index (χ1v) is 5.35. The van der Waals surface area contributed by atoms with E-state index in [4.69, 9.17) is 5.11 Å². The predicted octanol–water partition coefficient (Wildman–Crippen LogP) is 0.937. The van der Waals surface area contributed by atoms with Crippen molar-refractivity contribution in [3.63, 3.8) is 0 Å². The zero-order valence-electron chi connectivity index (χ0n) is 6.77. The number of fused-ring (bicyclic) bond motifs is 1. The maximum absolute atomic E-state index is 11.4. The topological polar surface area (TPSA) is 54.4 Å². The predicted molar refractivity (Wildman–Crippen MR) is 48.6 cm³/mol. The number of sulfone groups is 1. The van der Waals surface area contributed by atoms with Crippen molar-refractivity contribution in [3.05, 3.63) is 34.7 Å². The summed E-state index contributed by atoms with van der Waals surface area (Å²) in [6, 6.07) is 4.91. The van der Waals surface area contributed by atoms with E-state index in [1.54, 1.807) is 18.2 Å². The van der Waals surface area contributed by atoms with E-state index in [2.05, 4.69) is 0 Å². The Morgan fingerprint density at radius 1 is 1.31 bits per heavy atom. The zero-order valence-corrected chi connectivity index (χ0v) is 7.58. The fraction of sp³-hybridized carbons (Fsp3) is 0.111. The highest BCUT2D eigenvalue weighted by Crippen LogP contribution is 2.27. The van der Waals surface area contributed by atoms with E-state index in [-0.39, 0.29) is 6.61 Å². The third kappa shape index (κ3) is 1.28. The first-order chi connectivity index (χ1) is 6.13. The van der Waals surface area contributed by atoms with E-state index in [0.717, 1.165) is 0 Å². The van der Waals surface area contributed by atoms with Gasteiger partial charge in [-0.05, 0) is 23.3 Å². The smallest absolute Gasteiger partial charge is 0.200 e. The minimum atomic E-state index is -3.23. The molecule has 1 aromatic rings. The molecule has 0 bridgehead atoms. The molecule has 68 valence electrons. The third-order valence-electron chi connectivity index (χ3n) is 1.99. The molecule has 0 spiro atoms. The highest BCUT2D eigenvalue weighted by Gasteiger charge is 2.20. The third-order valence-corrected chi connectivity index (χ3v) is 3.45. The van der Waals surface area contributed by atoms with Crippen LogP contribution in [-0.4, -0.2) is 13.5 Å². The van der Waals surface area contributed by atoms with Crippen molar-refractivity contribution in [2.75, 3.05) is 0 Å². The molecule has 0 saturated heterocycles. The first kappa shape index (κ1) is 8.47. The van der Waals surface area contributed by atoms with Crippen LogP contribution in [0.3, 0.4) is 0 Å². The second kappa shape index (κ2) is 2.68. The fourth-order valence-electron chi connectivity index (χ4n) is 1.30. The lowest BCUT2D eigenvalue weighted by atomic mass is 10.1. The molecule has 4 heteroatoms. The molecular weight excluding hydrogens is 188 g/mol. The van der Waals surface area contributed by atoms with Crippen LogP contribution in [-0.2, 0) is 16.4 Å². The molecule has 0 atom stereocenters. The van der Waals surface area contributed by atoms with Gasteiger partial charge in [-0.1, -0.05) is 12.1 Å². The van der Waals surface area contributed by atoms with Crippen molar-refractivity contribution in [2.24, 2.45) is 0 Å². The van der Waals surface area contributed by atoms with Gasteiger partial charge in [0.1, 0.15) is 0 Å². The van der Waals surface area contributed by atoms with Gasteiger partial charge in [0.05, 0.1) is 11.5 Å². The lowest BCUT2D eigenvalue weighted by Crippen LogP contribution is -1.95. The summed E-state index contributed by atoms with van der Waals surface area (Å²) >= 11 is 0. The highest BCUT2D eigenvalue weighted by molar-refractivity contribution is 7.94. The van der Waals surface area contributed by atoms with Gasteiger partial charge in [-0.2, -0.15) is 0 Å². The monoisotopic (exact) mass is 196 g/mol. The van der Waals surface area contributed by atoms with Crippen LogP contribution in [0.1, 0.15) is 11.1 Å². The minimum absolute atomic E-state index is 0.136. The van der Waals surface area contributed by atoms with Crippen LogP contribution in [0.4, 0.5) is 0 Å². The maximum Gasteiger partial charge on any atom is 0.200 e. The average molecular weight is 196 g/mol. The molecule has 0 radical (unpaired) electrons. The Labute approximate surface area is 76.3 Å². The average Bonchev–Trinajstić information content (AvgIpc) is 2.42. The van der Waals surface area contributed by atoms with Crippen LogP contribution in [0.25, 0.3) is 6.08 Å². The van der Waals surface area contributed by atoms with Gasteiger partial charge < -0.3 is 5.11 Å². The Morgan fingerprint density at radius 3 is 2.77 bits per heavy atom. The first-order valence-electron chi connectivity index (χ1n) is 3.80. The van der Waals surface area contributed by atoms with E-state index in [1.807, 2.05) is 0 Å². The van der Waals surface area contributed by atoms with Crippen LogP contribution in [0.2, 0.25) is 0 Å². The summed E-state index contributed by atoms with van der Waals surface area (Å²) in [5, 5.41) is 10.0. The number of hydrogen-bond donors (Lipinski definition) is 1. The molecule has 0 amide bonds. The number of hydrogen-bond acceptors (Lipinski definition) is 3. The number of benzene rings is 1. The fourth-order valence-corrected chi connectivity index (χ4v) is 2.55. The summed E-state index contributed by atoms with van der Waals surface area (Å²) in [6.45, 7) is -0.136. The van der Waals surface area contributed by atoms with Crippen LogP contribution >= 0.6 is 0 Å². The minimum Gasteiger partial charge on any atom is -0.392 e. The van der Waals surface area contributed by atoms with Gasteiger partial charge in [0.25, 0.3) is 0 Å². The van der Waals surface area contributed by atoms with Crippen LogP contribution in [0.15, 0.2) is 28.5 Å². The van der Waals surface area contributed by atoms with Crippen molar-refractivity contribution in [3.8, 4) is 0 Å². The zero-order chi connectivity index (χ0) is 9.47. The van der Waals surface area contributed by atoms with Gasteiger partial charge >= 0.3 is 0 Å². The Hall–Kier alpha value is -1.13. The lowest BCUT2D eigenvalue weighted by molar-refractivity contribution is 0.281. The molecular formula is C9H8O3S. The molecule has 1 aliphatic rings. The molecule has 1 heterocycles. The SMILES string of the molecule is O=S1(=O)C=Cc2ccc(CO)cc21. The van der Waals surface area contributed by atoms with Gasteiger partial charge in [-0.25, -0.2) is 8.42 Å². The second-order valence-corrected chi connectivity index (χ2v) is 4.68. The van der Waals surface area contributed by atoms with E-state index in [1.165, 1.54) is 11.5 Å². The molecule has 0 unspecified atom stereocenters. The molecule has 3 nitrogen and oxygen atoms in total. The Kier molecular flexibility index (Phi) is 1.75. The molecule has 0 fully saturated rings. The molecule has 13 heavy (non-hydrogen) atoms. The van der Waals surface area contributed by atoms with Crippen LogP contribution in [0.5, 0.6) is 0 Å². The van der Waals surface area contributed by atoms with Gasteiger partial charge in [0, 0.05) is 5.41 Å². The van der Waals surface area contributed by atoms with Crippen molar-refractivity contribution in [1.82, 2.24) is 0 Å². The maximum atomic E-state index is 11.4. The molecule has 1 aromatic carbocycles. The van der Waals surface area contributed by atoms with Crippen molar-refractivity contribution in [1.29, 1.82) is 0 Å². The summed E-state index contributed by atoms with van der Waals surface area (Å²) in [5.74, 6) is 0. The van der Waals surface area contributed by atoms with Crippen molar-refractivity contribution >= 4 is 15.9 Å². The quantitative estimate of drug-likeness (QED) is 0.727. The molecule has 2 rings (SSSR count). The normalized spacial score (nSPS) is 17.3. The van der Waals surface area contributed by atoms with Crippen molar-refractivity contribution in [2.45, 2.75) is 11.5 Å². The van der Waals surface area contributed by atoms with Gasteiger partial charge in [0.15, 0.2) is 9.84 Å². The van der Waals surface area contributed by atoms with Gasteiger partial charge in [0.2, 0.25) is 0 Å².